The molecule has 0 bridgehead atoms. The van der Waals surface area contributed by atoms with Gasteiger partial charge in [-0.1, -0.05) is 44.0 Å². The number of hydrogen-bond acceptors (Lipinski definition) is 3. The maximum atomic E-state index is 14.4. The van der Waals surface area contributed by atoms with Crippen molar-refractivity contribution in [3.63, 3.8) is 0 Å². The number of benzene rings is 2. The zero-order valence-corrected chi connectivity index (χ0v) is 15.6. The summed E-state index contributed by atoms with van der Waals surface area (Å²) in [4.78, 5) is 4.28. The van der Waals surface area contributed by atoms with Gasteiger partial charge in [-0.25, -0.2) is 9.07 Å². The molecule has 4 rings (SSSR count). The molecular weight excluding hydrogens is 439 g/mol. The highest BCUT2D eigenvalue weighted by atomic mass is 79.9. The number of nitrogens with one attached hydrogen (secondary N) is 1. The molecule has 0 aliphatic carbocycles. The summed E-state index contributed by atoms with van der Waals surface area (Å²) in [6.45, 7) is 0. The summed E-state index contributed by atoms with van der Waals surface area (Å²) >= 11 is 6.88. The lowest BCUT2D eigenvalue weighted by Crippen LogP contribution is -2.28. The fourth-order valence-corrected chi connectivity index (χ4v) is 3.71. The van der Waals surface area contributed by atoms with Crippen LogP contribution >= 0.6 is 31.9 Å². The highest BCUT2D eigenvalue weighted by molar-refractivity contribution is 9.10. The second-order valence-corrected chi connectivity index (χ2v) is 7.53. The molecule has 1 aromatic heterocycles. The molecule has 3 aromatic rings. The minimum Gasteiger partial charge on any atom is -0.348 e. The molecule has 2 aromatic carbocycles. The van der Waals surface area contributed by atoms with Gasteiger partial charge < -0.3 is 5.32 Å². The van der Waals surface area contributed by atoms with Gasteiger partial charge in [-0.2, -0.15) is 10.1 Å². The van der Waals surface area contributed by atoms with Crippen LogP contribution in [-0.4, -0.2) is 14.8 Å². The Morgan fingerprint density at radius 2 is 1.83 bits per heavy atom. The van der Waals surface area contributed by atoms with E-state index in [-0.39, 0.29) is 17.9 Å². The van der Waals surface area contributed by atoms with E-state index in [2.05, 4.69) is 59.4 Å². The SMILES string of the molecule is Fc1ccc(Br)cc1[C@H]1C[C@@H](c2ccc(Br)cc2)Nc2ncnn21. The van der Waals surface area contributed by atoms with Gasteiger partial charge in [-0.05, 0) is 42.3 Å². The predicted octanol–water partition coefficient (Wildman–Crippen LogP) is 5.09. The minimum atomic E-state index is -0.235. The molecule has 0 radical (unpaired) electrons. The molecule has 1 aliphatic heterocycles. The normalized spacial score (nSPS) is 19.6. The molecule has 0 unspecified atom stereocenters. The molecule has 24 heavy (non-hydrogen) atoms. The molecule has 2 heterocycles. The zero-order valence-electron chi connectivity index (χ0n) is 12.5. The molecule has 0 spiro atoms. The predicted molar refractivity (Wildman–Crippen MR) is 97.4 cm³/mol. The Labute approximate surface area is 155 Å². The van der Waals surface area contributed by atoms with Gasteiger partial charge in [0.2, 0.25) is 5.95 Å². The van der Waals surface area contributed by atoms with E-state index < -0.39 is 0 Å². The van der Waals surface area contributed by atoms with E-state index in [4.69, 9.17) is 0 Å². The first-order valence-electron chi connectivity index (χ1n) is 7.48. The average Bonchev–Trinajstić information content (AvgIpc) is 3.05. The van der Waals surface area contributed by atoms with E-state index in [0.29, 0.717) is 17.9 Å². The van der Waals surface area contributed by atoms with Crippen LogP contribution < -0.4 is 5.32 Å². The van der Waals surface area contributed by atoms with Crippen molar-refractivity contribution in [1.29, 1.82) is 0 Å². The summed E-state index contributed by atoms with van der Waals surface area (Å²) < 4.78 is 18.1. The Morgan fingerprint density at radius 1 is 1.08 bits per heavy atom. The van der Waals surface area contributed by atoms with Crippen molar-refractivity contribution in [2.75, 3.05) is 5.32 Å². The fraction of sp³-hybridized carbons (Fsp3) is 0.176. The van der Waals surface area contributed by atoms with Gasteiger partial charge in [0.25, 0.3) is 0 Å². The topological polar surface area (TPSA) is 42.7 Å². The maximum absolute atomic E-state index is 14.4. The monoisotopic (exact) mass is 450 g/mol. The summed E-state index contributed by atoms with van der Waals surface area (Å²) in [5, 5.41) is 7.67. The number of rotatable bonds is 2. The second-order valence-electron chi connectivity index (χ2n) is 5.69. The van der Waals surface area contributed by atoms with Crippen molar-refractivity contribution in [3.8, 4) is 0 Å². The second kappa shape index (κ2) is 6.29. The number of fused-ring (bicyclic) bond motifs is 1. The highest BCUT2D eigenvalue weighted by Crippen LogP contribution is 2.38. The van der Waals surface area contributed by atoms with E-state index in [1.54, 1.807) is 10.7 Å². The lowest BCUT2D eigenvalue weighted by atomic mass is 9.93. The Morgan fingerprint density at radius 3 is 2.62 bits per heavy atom. The van der Waals surface area contributed by atoms with Gasteiger partial charge in [0.05, 0.1) is 12.1 Å². The number of nitrogens with zero attached hydrogens (tertiary/aromatic N) is 3. The van der Waals surface area contributed by atoms with Crippen LogP contribution in [0, 0.1) is 5.82 Å². The highest BCUT2D eigenvalue weighted by Gasteiger charge is 2.31. The van der Waals surface area contributed by atoms with E-state index in [9.17, 15) is 4.39 Å². The van der Waals surface area contributed by atoms with E-state index in [0.717, 1.165) is 14.5 Å². The van der Waals surface area contributed by atoms with Crippen molar-refractivity contribution in [2.45, 2.75) is 18.5 Å². The van der Waals surface area contributed by atoms with Gasteiger partial charge in [-0.3, -0.25) is 0 Å². The number of halogens is 3. The van der Waals surface area contributed by atoms with Crippen LogP contribution in [0.3, 0.4) is 0 Å². The zero-order chi connectivity index (χ0) is 16.7. The summed E-state index contributed by atoms with van der Waals surface area (Å²) in [6, 6.07) is 12.9. The van der Waals surface area contributed by atoms with Crippen molar-refractivity contribution >= 4 is 37.8 Å². The van der Waals surface area contributed by atoms with Crippen molar-refractivity contribution in [2.24, 2.45) is 0 Å². The van der Waals surface area contributed by atoms with E-state index >= 15 is 0 Å². The van der Waals surface area contributed by atoms with Crippen LogP contribution in [0.1, 0.15) is 29.6 Å². The maximum Gasteiger partial charge on any atom is 0.222 e. The van der Waals surface area contributed by atoms with Crippen molar-refractivity contribution in [1.82, 2.24) is 14.8 Å². The lowest BCUT2D eigenvalue weighted by Gasteiger charge is -2.32. The minimum absolute atomic E-state index is 0.0400. The van der Waals surface area contributed by atoms with Gasteiger partial charge in [0, 0.05) is 14.5 Å². The van der Waals surface area contributed by atoms with Crippen LogP contribution in [0.4, 0.5) is 10.3 Å². The van der Waals surface area contributed by atoms with Gasteiger partial charge in [0.1, 0.15) is 12.1 Å². The molecule has 0 saturated carbocycles. The first-order chi connectivity index (χ1) is 11.6. The van der Waals surface area contributed by atoms with Gasteiger partial charge >= 0.3 is 0 Å². The molecule has 1 aliphatic rings. The smallest absolute Gasteiger partial charge is 0.222 e. The molecule has 122 valence electrons. The molecule has 0 amide bonds. The third-order valence-corrected chi connectivity index (χ3v) is 5.24. The Bertz CT molecular complexity index is 879. The molecule has 7 heteroatoms. The lowest BCUT2D eigenvalue weighted by molar-refractivity contribution is 0.415. The first kappa shape index (κ1) is 15.8. The Hall–Kier alpha value is -1.73. The van der Waals surface area contributed by atoms with Crippen molar-refractivity contribution < 1.29 is 4.39 Å². The van der Waals surface area contributed by atoms with E-state index in [1.165, 1.54) is 12.4 Å². The van der Waals surface area contributed by atoms with Crippen LogP contribution in [0.5, 0.6) is 0 Å². The molecular formula is C17H13Br2FN4. The number of aromatic nitrogens is 3. The number of anilines is 1. The third kappa shape index (κ3) is 2.86. The van der Waals surface area contributed by atoms with Crippen LogP contribution in [0.2, 0.25) is 0 Å². The molecule has 4 nitrogen and oxygen atoms in total. The molecule has 0 saturated heterocycles. The Balaban J connectivity index is 1.76. The van der Waals surface area contributed by atoms with Crippen LogP contribution in [0.15, 0.2) is 57.7 Å². The van der Waals surface area contributed by atoms with Crippen LogP contribution in [0.25, 0.3) is 0 Å². The molecule has 1 N–H and O–H groups in total. The Kier molecular flexibility index (Phi) is 4.14. The van der Waals surface area contributed by atoms with Gasteiger partial charge in [0.15, 0.2) is 0 Å². The van der Waals surface area contributed by atoms with Gasteiger partial charge in [-0.15, -0.1) is 0 Å². The third-order valence-electron chi connectivity index (χ3n) is 4.22. The quantitative estimate of drug-likeness (QED) is 0.590. The first-order valence-corrected chi connectivity index (χ1v) is 9.07. The largest absolute Gasteiger partial charge is 0.348 e. The summed E-state index contributed by atoms with van der Waals surface area (Å²) in [6.07, 6.45) is 2.18. The average molecular weight is 452 g/mol. The summed E-state index contributed by atoms with van der Waals surface area (Å²) in [5.41, 5.74) is 1.74. The fourth-order valence-electron chi connectivity index (χ4n) is 3.06. The summed E-state index contributed by atoms with van der Waals surface area (Å²) in [7, 11) is 0. The standard InChI is InChI=1S/C17H13Br2FN4/c18-11-3-1-10(2-4-11)15-8-16(24-17(23-15)21-9-22-24)13-7-12(19)5-6-14(13)20/h1-7,9,15-16H,8H2,(H,21,22,23)/t15-,16+/m0/s1. The van der Waals surface area contributed by atoms with E-state index in [1.807, 2.05) is 18.2 Å². The molecule has 2 atom stereocenters. The molecule has 0 fully saturated rings. The van der Waals surface area contributed by atoms with Crippen molar-refractivity contribution in [3.05, 3.63) is 74.7 Å². The number of hydrogen-bond donors (Lipinski definition) is 1. The van der Waals surface area contributed by atoms with Crippen LogP contribution in [-0.2, 0) is 0 Å². The summed E-state index contributed by atoms with van der Waals surface area (Å²) in [5.74, 6) is 0.416.